The van der Waals surface area contributed by atoms with Gasteiger partial charge in [0.05, 0.1) is 0 Å². The molecule has 1 atom stereocenters. The second kappa shape index (κ2) is 4.77. The fourth-order valence-electron chi connectivity index (χ4n) is 1.90. The van der Waals surface area contributed by atoms with Gasteiger partial charge in [-0.25, -0.2) is 0 Å². The molecule has 2 N–H and O–H groups in total. The molecule has 72 valence electrons. The zero-order valence-electron chi connectivity index (χ0n) is 7.41. The van der Waals surface area contributed by atoms with E-state index in [0.717, 1.165) is 35.5 Å². The van der Waals surface area contributed by atoms with Gasteiger partial charge in [0, 0.05) is 9.84 Å². The molecule has 0 bridgehead atoms. The molecule has 1 fully saturated rings. The number of hydrogen-bond acceptors (Lipinski definition) is 2. The summed E-state index contributed by atoms with van der Waals surface area (Å²) in [7, 11) is 0. The Bertz CT molecular complexity index is 112. The van der Waals surface area contributed by atoms with Crippen LogP contribution in [0.5, 0.6) is 0 Å². The van der Waals surface area contributed by atoms with Gasteiger partial charge in [-0.3, -0.25) is 0 Å². The standard InChI is InChI=1S/C9H17IO2/c1-6(10)7-2-4-8(5-3-7)9(11)12/h6-9,11-12H,2-5H2,1H3/t6-,7?,8?/m1/s1. The van der Waals surface area contributed by atoms with Crippen LogP contribution in [0.3, 0.4) is 0 Å². The highest BCUT2D eigenvalue weighted by atomic mass is 127. The van der Waals surface area contributed by atoms with E-state index in [-0.39, 0.29) is 5.92 Å². The topological polar surface area (TPSA) is 40.5 Å². The van der Waals surface area contributed by atoms with Crippen molar-refractivity contribution < 1.29 is 10.2 Å². The Balaban J connectivity index is 2.30. The van der Waals surface area contributed by atoms with E-state index in [4.69, 9.17) is 10.2 Å². The van der Waals surface area contributed by atoms with Crippen molar-refractivity contribution in [2.75, 3.05) is 0 Å². The van der Waals surface area contributed by atoms with E-state index in [2.05, 4.69) is 29.5 Å². The Morgan fingerprint density at radius 1 is 1.08 bits per heavy atom. The molecule has 0 heterocycles. The van der Waals surface area contributed by atoms with Crippen LogP contribution in [0.25, 0.3) is 0 Å². The summed E-state index contributed by atoms with van der Waals surface area (Å²) in [5.74, 6) is 0.928. The van der Waals surface area contributed by atoms with Crippen LogP contribution in [0.4, 0.5) is 0 Å². The molecule has 1 aliphatic carbocycles. The van der Waals surface area contributed by atoms with Crippen LogP contribution in [0.2, 0.25) is 0 Å². The number of hydrogen-bond donors (Lipinski definition) is 2. The van der Waals surface area contributed by atoms with E-state index in [9.17, 15) is 0 Å². The first-order valence-electron chi connectivity index (χ1n) is 4.61. The largest absolute Gasteiger partial charge is 0.368 e. The number of alkyl halides is 1. The molecule has 0 radical (unpaired) electrons. The number of aliphatic hydroxyl groups excluding tert-OH is 1. The van der Waals surface area contributed by atoms with Gasteiger partial charge < -0.3 is 10.2 Å². The van der Waals surface area contributed by atoms with E-state index in [1.165, 1.54) is 0 Å². The molecule has 0 aromatic carbocycles. The lowest BCUT2D eigenvalue weighted by molar-refractivity contribution is -0.0955. The molecule has 0 unspecified atom stereocenters. The highest BCUT2D eigenvalue weighted by molar-refractivity contribution is 14.1. The third kappa shape index (κ3) is 2.85. The Morgan fingerprint density at radius 3 is 1.83 bits per heavy atom. The van der Waals surface area contributed by atoms with Crippen molar-refractivity contribution in [2.24, 2.45) is 11.8 Å². The number of halogens is 1. The maximum Gasteiger partial charge on any atom is 0.154 e. The Labute approximate surface area is 87.5 Å². The number of rotatable bonds is 2. The predicted molar refractivity (Wildman–Crippen MR) is 57.2 cm³/mol. The molecule has 0 spiro atoms. The summed E-state index contributed by atoms with van der Waals surface area (Å²) in [6.07, 6.45) is 3.19. The monoisotopic (exact) mass is 284 g/mol. The molecule has 3 heteroatoms. The van der Waals surface area contributed by atoms with Crippen molar-refractivity contribution in [1.82, 2.24) is 0 Å². The van der Waals surface area contributed by atoms with Gasteiger partial charge in [-0.05, 0) is 31.6 Å². The molecule has 1 aliphatic rings. The summed E-state index contributed by atoms with van der Waals surface area (Å²) in [4.78, 5) is 0. The first-order valence-corrected chi connectivity index (χ1v) is 5.86. The highest BCUT2D eigenvalue weighted by Gasteiger charge is 2.26. The molecule has 0 saturated heterocycles. The van der Waals surface area contributed by atoms with Crippen molar-refractivity contribution >= 4 is 22.6 Å². The zero-order chi connectivity index (χ0) is 9.14. The highest BCUT2D eigenvalue weighted by Crippen LogP contribution is 2.34. The van der Waals surface area contributed by atoms with Crippen LogP contribution in [-0.4, -0.2) is 20.4 Å². The van der Waals surface area contributed by atoms with E-state index >= 15 is 0 Å². The van der Waals surface area contributed by atoms with Crippen LogP contribution >= 0.6 is 22.6 Å². The predicted octanol–water partition coefficient (Wildman–Crippen LogP) is 1.93. The molecule has 0 aliphatic heterocycles. The van der Waals surface area contributed by atoms with E-state index in [1.54, 1.807) is 0 Å². The molecular formula is C9H17IO2. The summed E-state index contributed by atoms with van der Waals surface area (Å²) in [6, 6.07) is 0. The summed E-state index contributed by atoms with van der Waals surface area (Å²) in [5.41, 5.74) is 0. The molecule has 2 nitrogen and oxygen atoms in total. The SMILES string of the molecule is C[C@@H](I)C1CCC(C(O)O)CC1. The van der Waals surface area contributed by atoms with E-state index in [1.807, 2.05) is 0 Å². The summed E-state index contributed by atoms with van der Waals surface area (Å²) in [6.45, 7) is 2.24. The Hall–Kier alpha value is 0.650. The van der Waals surface area contributed by atoms with Gasteiger partial charge >= 0.3 is 0 Å². The van der Waals surface area contributed by atoms with Crippen LogP contribution in [0.1, 0.15) is 32.6 Å². The van der Waals surface area contributed by atoms with Gasteiger partial charge in [0.1, 0.15) is 0 Å². The van der Waals surface area contributed by atoms with Crippen molar-refractivity contribution in [3.05, 3.63) is 0 Å². The molecular weight excluding hydrogens is 267 g/mol. The molecule has 1 saturated carbocycles. The zero-order valence-corrected chi connectivity index (χ0v) is 9.57. The first kappa shape index (κ1) is 10.7. The minimum absolute atomic E-state index is 0.136. The normalized spacial score (nSPS) is 33.8. The summed E-state index contributed by atoms with van der Waals surface area (Å²) in [5, 5.41) is 17.9. The van der Waals surface area contributed by atoms with Gasteiger partial charge in [-0.2, -0.15) is 0 Å². The van der Waals surface area contributed by atoms with Gasteiger partial charge in [-0.15, -0.1) is 0 Å². The van der Waals surface area contributed by atoms with Gasteiger partial charge in [0.25, 0.3) is 0 Å². The van der Waals surface area contributed by atoms with Crippen LogP contribution < -0.4 is 0 Å². The van der Waals surface area contributed by atoms with E-state index < -0.39 is 6.29 Å². The number of aliphatic hydroxyl groups is 2. The fraction of sp³-hybridized carbons (Fsp3) is 1.00. The molecule has 0 aromatic heterocycles. The van der Waals surface area contributed by atoms with Gasteiger partial charge in [0.2, 0.25) is 0 Å². The Kier molecular flexibility index (Phi) is 4.26. The minimum atomic E-state index is -1.09. The van der Waals surface area contributed by atoms with Crippen molar-refractivity contribution in [1.29, 1.82) is 0 Å². The van der Waals surface area contributed by atoms with Gasteiger partial charge in [0.15, 0.2) is 6.29 Å². The maximum absolute atomic E-state index is 8.96. The third-order valence-corrected chi connectivity index (χ3v) is 3.90. The van der Waals surface area contributed by atoms with Gasteiger partial charge in [-0.1, -0.05) is 29.5 Å². The Morgan fingerprint density at radius 2 is 1.50 bits per heavy atom. The summed E-state index contributed by atoms with van der Waals surface area (Å²) >= 11 is 2.46. The smallest absolute Gasteiger partial charge is 0.154 e. The fourth-order valence-corrected chi connectivity index (χ4v) is 2.62. The maximum atomic E-state index is 8.96. The third-order valence-electron chi connectivity index (χ3n) is 2.89. The second-order valence-corrected chi connectivity index (χ2v) is 5.73. The minimum Gasteiger partial charge on any atom is -0.368 e. The van der Waals surface area contributed by atoms with Crippen molar-refractivity contribution in [3.8, 4) is 0 Å². The lowest BCUT2D eigenvalue weighted by atomic mass is 9.80. The first-order chi connectivity index (χ1) is 5.61. The average molecular weight is 284 g/mol. The quantitative estimate of drug-likeness (QED) is 0.462. The molecule has 0 aromatic rings. The molecule has 0 amide bonds. The van der Waals surface area contributed by atoms with Crippen molar-refractivity contribution in [2.45, 2.75) is 42.8 Å². The summed E-state index contributed by atoms with van der Waals surface area (Å²) < 4.78 is 0.722. The lowest BCUT2D eigenvalue weighted by Gasteiger charge is -2.30. The van der Waals surface area contributed by atoms with Crippen LogP contribution in [0, 0.1) is 11.8 Å². The van der Waals surface area contributed by atoms with E-state index in [0.29, 0.717) is 0 Å². The lowest BCUT2D eigenvalue weighted by Crippen LogP contribution is -2.27. The molecule has 12 heavy (non-hydrogen) atoms. The average Bonchev–Trinajstić information content (AvgIpc) is 2.04. The van der Waals surface area contributed by atoms with Crippen molar-refractivity contribution in [3.63, 3.8) is 0 Å². The van der Waals surface area contributed by atoms with Crippen LogP contribution in [0.15, 0.2) is 0 Å². The molecule has 1 rings (SSSR count). The van der Waals surface area contributed by atoms with Crippen LogP contribution in [-0.2, 0) is 0 Å². The second-order valence-electron chi connectivity index (χ2n) is 3.77.